The minimum absolute atomic E-state index is 0.132. The highest BCUT2D eigenvalue weighted by atomic mass is 19.4. The largest absolute Gasteiger partial charge is 0.418 e. The Morgan fingerprint density at radius 1 is 1.00 bits per heavy atom. The normalized spacial score (nSPS) is 11.4. The Morgan fingerprint density at radius 2 is 1.75 bits per heavy atom. The van der Waals surface area contributed by atoms with Crippen molar-refractivity contribution in [2.45, 2.75) is 19.5 Å². The van der Waals surface area contributed by atoms with E-state index >= 15 is 0 Å². The van der Waals surface area contributed by atoms with Crippen molar-refractivity contribution in [3.05, 3.63) is 65.2 Å². The van der Waals surface area contributed by atoms with Crippen molar-refractivity contribution in [1.82, 2.24) is 0 Å². The van der Waals surface area contributed by atoms with Crippen molar-refractivity contribution >= 4 is 5.69 Å². The van der Waals surface area contributed by atoms with E-state index in [0.717, 1.165) is 17.2 Å². The zero-order chi connectivity index (χ0) is 14.6. The van der Waals surface area contributed by atoms with Crippen molar-refractivity contribution in [3.8, 4) is 0 Å². The molecule has 0 bridgehead atoms. The van der Waals surface area contributed by atoms with Crippen LogP contribution in [0.4, 0.5) is 18.9 Å². The molecule has 2 aromatic carbocycles. The molecule has 4 heteroatoms. The molecule has 1 nitrogen and oxygen atoms in total. The Hall–Kier alpha value is -1.97. The number of anilines is 1. The molecule has 0 aromatic heterocycles. The number of nitrogens with one attached hydrogen (secondary N) is 1. The van der Waals surface area contributed by atoms with Gasteiger partial charge in [-0.25, -0.2) is 0 Å². The fraction of sp³-hybridized carbons (Fsp3) is 0.250. The average molecular weight is 279 g/mol. The quantitative estimate of drug-likeness (QED) is 0.857. The standard InChI is InChI=1S/C16H16F3N/c1-12-5-4-6-13(11-12)9-10-20-15-8-3-2-7-14(15)16(17,18)19/h2-8,11,20H,9-10H2,1H3. The van der Waals surface area contributed by atoms with Gasteiger partial charge in [-0.3, -0.25) is 0 Å². The third-order valence-corrected chi connectivity index (χ3v) is 3.04. The topological polar surface area (TPSA) is 12.0 Å². The van der Waals surface area contributed by atoms with Gasteiger partial charge in [0.2, 0.25) is 0 Å². The number of hydrogen-bond donors (Lipinski definition) is 1. The summed E-state index contributed by atoms with van der Waals surface area (Å²) in [7, 11) is 0. The van der Waals surface area contributed by atoms with E-state index in [0.29, 0.717) is 13.0 Å². The first-order chi connectivity index (χ1) is 9.47. The molecule has 0 unspecified atom stereocenters. The van der Waals surface area contributed by atoms with E-state index in [-0.39, 0.29) is 5.69 Å². The number of rotatable bonds is 4. The van der Waals surface area contributed by atoms with E-state index in [1.807, 2.05) is 31.2 Å². The lowest BCUT2D eigenvalue weighted by atomic mass is 10.1. The second-order valence-corrected chi connectivity index (χ2v) is 4.71. The summed E-state index contributed by atoms with van der Waals surface area (Å²) in [5.41, 5.74) is 1.78. The number of hydrogen-bond acceptors (Lipinski definition) is 1. The van der Waals surface area contributed by atoms with Crippen LogP contribution in [0.15, 0.2) is 48.5 Å². The van der Waals surface area contributed by atoms with Crippen LogP contribution in [0.25, 0.3) is 0 Å². The predicted molar refractivity (Wildman–Crippen MR) is 74.8 cm³/mol. The molecule has 0 amide bonds. The zero-order valence-electron chi connectivity index (χ0n) is 11.2. The molecule has 106 valence electrons. The molecular weight excluding hydrogens is 263 g/mol. The molecular formula is C16H16F3N. The Bertz CT molecular complexity index is 576. The molecule has 0 saturated heterocycles. The second kappa shape index (κ2) is 5.99. The molecule has 2 rings (SSSR count). The van der Waals surface area contributed by atoms with E-state index in [2.05, 4.69) is 5.32 Å². The summed E-state index contributed by atoms with van der Waals surface area (Å²) in [4.78, 5) is 0. The van der Waals surface area contributed by atoms with Gasteiger partial charge in [0.25, 0.3) is 0 Å². The minimum atomic E-state index is -4.33. The van der Waals surface area contributed by atoms with Gasteiger partial charge < -0.3 is 5.32 Å². The van der Waals surface area contributed by atoms with Crippen LogP contribution in [-0.2, 0) is 12.6 Å². The number of alkyl halides is 3. The summed E-state index contributed by atoms with van der Waals surface area (Å²) in [5.74, 6) is 0. The molecule has 0 spiro atoms. The Balaban J connectivity index is 2.01. The summed E-state index contributed by atoms with van der Waals surface area (Å²) in [6.07, 6.45) is -3.64. The van der Waals surface area contributed by atoms with Crippen molar-refractivity contribution in [1.29, 1.82) is 0 Å². The molecule has 0 aliphatic rings. The highest BCUT2D eigenvalue weighted by molar-refractivity contribution is 5.52. The highest BCUT2D eigenvalue weighted by Gasteiger charge is 2.32. The van der Waals surface area contributed by atoms with Crippen molar-refractivity contribution in [2.75, 3.05) is 11.9 Å². The molecule has 0 fully saturated rings. The molecule has 2 aromatic rings. The van der Waals surface area contributed by atoms with Crippen LogP contribution in [0.3, 0.4) is 0 Å². The second-order valence-electron chi connectivity index (χ2n) is 4.71. The lowest BCUT2D eigenvalue weighted by Crippen LogP contribution is -2.12. The summed E-state index contributed by atoms with van der Waals surface area (Å²) in [6, 6.07) is 13.5. The molecule has 0 aliphatic carbocycles. The third kappa shape index (κ3) is 3.76. The van der Waals surface area contributed by atoms with Gasteiger partial charge in [0.1, 0.15) is 0 Å². The summed E-state index contributed by atoms with van der Waals surface area (Å²) < 4.78 is 38.4. The highest BCUT2D eigenvalue weighted by Crippen LogP contribution is 2.34. The van der Waals surface area contributed by atoms with Crippen LogP contribution in [0.5, 0.6) is 0 Å². The molecule has 1 N–H and O–H groups in total. The lowest BCUT2D eigenvalue weighted by molar-refractivity contribution is -0.136. The van der Waals surface area contributed by atoms with Gasteiger partial charge in [-0.1, -0.05) is 42.0 Å². The van der Waals surface area contributed by atoms with Gasteiger partial charge in [0.05, 0.1) is 5.56 Å². The fourth-order valence-electron chi connectivity index (χ4n) is 2.09. The maximum atomic E-state index is 12.8. The molecule has 0 radical (unpaired) electrons. The van der Waals surface area contributed by atoms with Crippen LogP contribution in [0.1, 0.15) is 16.7 Å². The molecule has 0 saturated carbocycles. The van der Waals surface area contributed by atoms with Crippen LogP contribution < -0.4 is 5.32 Å². The van der Waals surface area contributed by atoms with E-state index in [4.69, 9.17) is 0 Å². The monoisotopic (exact) mass is 279 g/mol. The number of aryl methyl sites for hydroxylation is 1. The number of para-hydroxylation sites is 1. The molecule has 20 heavy (non-hydrogen) atoms. The van der Waals surface area contributed by atoms with Gasteiger partial charge in [0.15, 0.2) is 0 Å². The SMILES string of the molecule is Cc1cccc(CCNc2ccccc2C(F)(F)F)c1. The fourth-order valence-corrected chi connectivity index (χ4v) is 2.09. The molecule has 0 heterocycles. The van der Waals surface area contributed by atoms with Crippen LogP contribution >= 0.6 is 0 Å². The van der Waals surface area contributed by atoms with Crippen molar-refractivity contribution in [3.63, 3.8) is 0 Å². The predicted octanol–water partition coefficient (Wildman–Crippen LogP) is 4.67. The van der Waals surface area contributed by atoms with Gasteiger partial charge in [-0.2, -0.15) is 13.2 Å². The minimum Gasteiger partial charge on any atom is -0.384 e. The first-order valence-electron chi connectivity index (χ1n) is 6.42. The first kappa shape index (κ1) is 14.4. The van der Waals surface area contributed by atoms with E-state index in [1.165, 1.54) is 12.1 Å². The van der Waals surface area contributed by atoms with Crippen molar-refractivity contribution in [2.24, 2.45) is 0 Å². The Labute approximate surface area is 116 Å². The van der Waals surface area contributed by atoms with E-state index < -0.39 is 11.7 Å². The number of benzene rings is 2. The number of halogens is 3. The van der Waals surface area contributed by atoms with Gasteiger partial charge >= 0.3 is 6.18 Å². The summed E-state index contributed by atoms with van der Waals surface area (Å²) in [5, 5.41) is 2.87. The maximum Gasteiger partial charge on any atom is 0.418 e. The van der Waals surface area contributed by atoms with Crippen molar-refractivity contribution < 1.29 is 13.2 Å². The van der Waals surface area contributed by atoms with Gasteiger partial charge in [-0.15, -0.1) is 0 Å². The summed E-state index contributed by atoms with van der Waals surface area (Å²) >= 11 is 0. The summed E-state index contributed by atoms with van der Waals surface area (Å²) in [6.45, 7) is 2.46. The first-order valence-corrected chi connectivity index (χ1v) is 6.42. The van der Waals surface area contributed by atoms with Gasteiger partial charge in [-0.05, 0) is 31.0 Å². The zero-order valence-corrected chi connectivity index (χ0v) is 11.2. The Morgan fingerprint density at radius 3 is 2.45 bits per heavy atom. The smallest absolute Gasteiger partial charge is 0.384 e. The van der Waals surface area contributed by atoms with Crippen LogP contribution in [0, 0.1) is 6.92 Å². The molecule has 0 atom stereocenters. The Kier molecular flexibility index (Phi) is 4.32. The van der Waals surface area contributed by atoms with Crippen LogP contribution in [-0.4, -0.2) is 6.54 Å². The third-order valence-electron chi connectivity index (χ3n) is 3.04. The van der Waals surface area contributed by atoms with E-state index in [9.17, 15) is 13.2 Å². The lowest BCUT2D eigenvalue weighted by Gasteiger charge is -2.14. The average Bonchev–Trinajstić information content (AvgIpc) is 2.38. The van der Waals surface area contributed by atoms with Crippen LogP contribution in [0.2, 0.25) is 0 Å². The van der Waals surface area contributed by atoms with Gasteiger partial charge in [0, 0.05) is 12.2 Å². The molecule has 0 aliphatic heterocycles. The van der Waals surface area contributed by atoms with E-state index in [1.54, 1.807) is 6.07 Å². The maximum absolute atomic E-state index is 12.8.